The summed E-state index contributed by atoms with van der Waals surface area (Å²) in [6, 6.07) is 18.1. The maximum Gasteiger partial charge on any atom is 0.261 e. The van der Waals surface area contributed by atoms with Gasteiger partial charge in [0.25, 0.3) is 21.8 Å². The highest BCUT2D eigenvalue weighted by Crippen LogP contribution is 2.23. The highest BCUT2D eigenvalue weighted by Gasteiger charge is 2.25. The topological polar surface area (TPSA) is 104 Å². The Balaban J connectivity index is 1.46. The molecule has 0 saturated heterocycles. The summed E-state index contributed by atoms with van der Waals surface area (Å²) in [5.74, 6) is -0.616. The molecule has 1 saturated carbocycles. The van der Waals surface area contributed by atoms with Crippen LogP contribution < -0.4 is 15.4 Å². The van der Waals surface area contributed by atoms with Gasteiger partial charge in [-0.25, -0.2) is 8.42 Å². The molecule has 7 nitrogen and oxygen atoms in total. The molecule has 170 valence electrons. The van der Waals surface area contributed by atoms with Crippen LogP contribution in [0.3, 0.4) is 0 Å². The average molecular weight is 464 g/mol. The molecule has 0 atom stereocenters. The lowest BCUT2D eigenvalue weighted by atomic mass is 10.1. The highest BCUT2D eigenvalue weighted by molar-refractivity contribution is 7.92. The van der Waals surface area contributed by atoms with Crippen molar-refractivity contribution in [3.05, 3.63) is 89.0 Å². The number of carbonyl (C=O) groups is 2. The largest absolute Gasteiger partial charge is 0.349 e. The first-order valence-electron chi connectivity index (χ1n) is 10.6. The van der Waals surface area contributed by atoms with Crippen molar-refractivity contribution in [3.63, 3.8) is 0 Å². The predicted octanol–water partition coefficient (Wildman–Crippen LogP) is 4.25. The molecule has 0 radical (unpaired) electrons. The van der Waals surface area contributed by atoms with Gasteiger partial charge >= 0.3 is 0 Å². The maximum absolute atomic E-state index is 12.7. The van der Waals surface area contributed by atoms with E-state index < -0.39 is 15.9 Å². The van der Waals surface area contributed by atoms with Crippen molar-refractivity contribution in [1.29, 1.82) is 0 Å². The van der Waals surface area contributed by atoms with Crippen LogP contribution in [0.1, 0.15) is 44.7 Å². The Morgan fingerprint density at radius 2 is 1.55 bits per heavy atom. The molecule has 3 aromatic rings. The van der Waals surface area contributed by atoms with Crippen molar-refractivity contribution in [2.24, 2.45) is 0 Å². The minimum atomic E-state index is -3.75. The van der Waals surface area contributed by atoms with Gasteiger partial charge < -0.3 is 10.6 Å². The second kappa shape index (κ2) is 9.07. The Morgan fingerprint density at radius 1 is 0.848 bits per heavy atom. The van der Waals surface area contributed by atoms with Gasteiger partial charge in [0.1, 0.15) is 0 Å². The molecule has 0 spiro atoms. The molecule has 0 heterocycles. The number of hydrogen-bond acceptors (Lipinski definition) is 4. The van der Waals surface area contributed by atoms with Crippen molar-refractivity contribution in [2.75, 3.05) is 10.0 Å². The van der Waals surface area contributed by atoms with Gasteiger partial charge in [0.15, 0.2) is 0 Å². The molecular weight excluding hydrogens is 438 g/mol. The van der Waals surface area contributed by atoms with Gasteiger partial charge in [0.05, 0.1) is 16.1 Å². The van der Waals surface area contributed by atoms with Crippen LogP contribution in [0.2, 0.25) is 0 Å². The fraction of sp³-hybridized carbons (Fsp3) is 0.200. The number of aryl methyl sites for hydroxylation is 2. The van der Waals surface area contributed by atoms with E-state index in [1.165, 1.54) is 24.3 Å². The fourth-order valence-corrected chi connectivity index (χ4v) is 4.40. The third kappa shape index (κ3) is 5.40. The summed E-state index contributed by atoms with van der Waals surface area (Å²) >= 11 is 0. The minimum Gasteiger partial charge on any atom is -0.349 e. The number of amides is 2. The monoisotopic (exact) mass is 463 g/mol. The Bertz CT molecular complexity index is 1310. The Labute approximate surface area is 193 Å². The second-order valence-electron chi connectivity index (χ2n) is 8.18. The van der Waals surface area contributed by atoms with Gasteiger partial charge in [-0.1, -0.05) is 18.2 Å². The molecule has 1 aliphatic rings. The van der Waals surface area contributed by atoms with Gasteiger partial charge in [-0.15, -0.1) is 0 Å². The number of rotatable bonds is 7. The number of nitrogens with one attached hydrogen (secondary N) is 3. The first kappa shape index (κ1) is 22.5. The fourth-order valence-electron chi connectivity index (χ4n) is 3.26. The molecule has 2 amide bonds. The normalized spacial score (nSPS) is 13.3. The number of sulfonamides is 1. The first-order chi connectivity index (χ1) is 15.7. The first-order valence-corrected chi connectivity index (χ1v) is 12.1. The summed E-state index contributed by atoms with van der Waals surface area (Å²) < 4.78 is 27.9. The van der Waals surface area contributed by atoms with E-state index in [4.69, 9.17) is 0 Å². The average Bonchev–Trinajstić information content (AvgIpc) is 3.60. The van der Waals surface area contributed by atoms with E-state index in [0.29, 0.717) is 22.5 Å². The van der Waals surface area contributed by atoms with Crippen LogP contribution in [-0.4, -0.2) is 26.3 Å². The van der Waals surface area contributed by atoms with Crippen molar-refractivity contribution < 1.29 is 18.0 Å². The highest BCUT2D eigenvalue weighted by atomic mass is 32.2. The SMILES string of the molecule is Cc1ccc(S(=O)(=O)Nc2ccc(C(=O)Nc3ccccc3C(=O)NC3CC3)cc2)cc1C. The van der Waals surface area contributed by atoms with Gasteiger partial charge in [0.2, 0.25) is 0 Å². The summed E-state index contributed by atoms with van der Waals surface area (Å²) in [5.41, 5.74) is 3.39. The summed E-state index contributed by atoms with van der Waals surface area (Å²) in [4.78, 5) is 25.3. The van der Waals surface area contributed by atoms with Gasteiger partial charge in [-0.05, 0) is 86.3 Å². The van der Waals surface area contributed by atoms with Crippen LogP contribution in [-0.2, 0) is 10.0 Å². The number of anilines is 2. The molecule has 3 N–H and O–H groups in total. The molecule has 33 heavy (non-hydrogen) atoms. The zero-order valence-electron chi connectivity index (χ0n) is 18.4. The molecule has 8 heteroatoms. The Kier molecular flexibility index (Phi) is 6.20. The third-order valence-corrected chi connectivity index (χ3v) is 6.90. The van der Waals surface area contributed by atoms with E-state index in [1.807, 2.05) is 13.8 Å². The molecule has 0 aromatic heterocycles. The van der Waals surface area contributed by atoms with Crippen LogP contribution >= 0.6 is 0 Å². The van der Waals surface area contributed by atoms with Crippen molar-refractivity contribution in [2.45, 2.75) is 37.6 Å². The summed E-state index contributed by atoms with van der Waals surface area (Å²) in [7, 11) is -3.75. The summed E-state index contributed by atoms with van der Waals surface area (Å²) in [6.07, 6.45) is 1.94. The van der Waals surface area contributed by atoms with Crippen molar-refractivity contribution >= 4 is 33.2 Å². The minimum absolute atomic E-state index is 0.175. The maximum atomic E-state index is 12.7. The standard InChI is InChI=1S/C25H25N3O4S/c1-16-7-14-21(15-17(16)2)33(31,32)28-20-10-8-18(9-11-20)24(29)27-23-6-4-3-5-22(23)25(30)26-19-12-13-19/h3-11,14-15,19,28H,12-13H2,1-2H3,(H,26,30)(H,27,29). The molecule has 0 bridgehead atoms. The van der Waals surface area contributed by atoms with Crippen LogP contribution in [0, 0.1) is 13.8 Å². The third-order valence-electron chi connectivity index (χ3n) is 5.52. The van der Waals surface area contributed by atoms with E-state index in [2.05, 4.69) is 15.4 Å². The zero-order valence-corrected chi connectivity index (χ0v) is 19.2. The lowest BCUT2D eigenvalue weighted by Gasteiger charge is -2.12. The molecule has 4 rings (SSSR count). The lowest BCUT2D eigenvalue weighted by Crippen LogP contribution is -2.27. The molecule has 0 aliphatic heterocycles. The summed E-state index contributed by atoms with van der Waals surface area (Å²) in [6.45, 7) is 3.77. The number of benzene rings is 3. The van der Waals surface area contributed by atoms with E-state index in [9.17, 15) is 18.0 Å². The van der Waals surface area contributed by atoms with E-state index in [1.54, 1.807) is 42.5 Å². The van der Waals surface area contributed by atoms with Gasteiger partial charge in [-0.3, -0.25) is 14.3 Å². The lowest BCUT2D eigenvalue weighted by molar-refractivity contribution is 0.0952. The smallest absolute Gasteiger partial charge is 0.261 e. The summed E-state index contributed by atoms with van der Waals surface area (Å²) in [5, 5.41) is 5.69. The van der Waals surface area contributed by atoms with Crippen LogP contribution in [0.5, 0.6) is 0 Å². The quantitative estimate of drug-likeness (QED) is 0.487. The second-order valence-corrected chi connectivity index (χ2v) is 9.86. The Morgan fingerprint density at radius 3 is 2.21 bits per heavy atom. The van der Waals surface area contributed by atoms with Crippen LogP contribution in [0.15, 0.2) is 71.6 Å². The van der Waals surface area contributed by atoms with Crippen molar-refractivity contribution in [1.82, 2.24) is 5.32 Å². The van der Waals surface area contributed by atoms with Gasteiger partial charge in [-0.2, -0.15) is 0 Å². The number of carbonyl (C=O) groups excluding carboxylic acids is 2. The molecule has 1 fully saturated rings. The van der Waals surface area contributed by atoms with E-state index >= 15 is 0 Å². The van der Waals surface area contributed by atoms with Crippen LogP contribution in [0.25, 0.3) is 0 Å². The zero-order chi connectivity index (χ0) is 23.6. The van der Waals surface area contributed by atoms with Crippen LogP contribution in [0.4, 0.5) is 11.4 Å². The molecular formula is C25H25N3O4S. The molecule has 0 unspecified atom stereocenters. The predicted molar refractivity (Wildman–Crippen MR) is 128 cm³/mol. The van der Waals surface area contributed by atoms with E-state index in [-0.39, 0.29) is 16.8 Å². The Hall–Kier alpha value is -3.65. The molecule has 3 aromatic carbocycles. The number of para-hydroxylation sites is 1. The molecule has 1 aliphatic carbocycles. The van der Waals surface area contributed by atoms with Gasteiger partial charge in [0, 0.05) is 17.3 Å². The van der Waals surface area contributed by atoms with Crippen molar-refractivity contribution in [3.8, 4) is 0 Å². The number of hydrogen-bond donors (Lipinski definition) is 3. The van der Waals surface area contributed by atoms with E-state index in [0.717, 1.165) is 24.0 Å².